The van der Waals surface area contributed by atoms with Gasteiger partial charge in [-0.2, -0.15) is 0 Å². The standard InChI is InChI=1S/C51H79N3O14/c1-15-38-51(10,60)43(57)32(6)46(58)53-28(2)25-49(8,61-13)44(68-48-41(56)37(54(11)12)23-29(3)63-48)30(4)42(31(5)47(59)65-38)67-40-26-50(9,62-14)45(33(7)64-40)66-39(55)22-18-19-34-24-35-20-16-17-21-36(35)52-27-34/h16-21,24,27-33,37-38,40-45,48,56-57,60H,15,22-23,25-26H2,1-14H3,(H,53,58)/b19-18+/t28-,29-,30+,31-,32-,33+,37+,38-,40+,41-,42+,43-,44-,45+,48+,49-,50-,51-/m1/s1. The van der Waals surface area contributed by atoms with Crippen molar-refractivity contribution >= 4 is 34.8 Å². The second-order valence-corrected chi connectivity index (χ2v) is 20.3. The minimum Gasteiger partial charge on any atom is -0.459 e. The number of hydrogen-bond donors (Lipinski definition) is 4. The average Bonchev–Trinajstić information content (AvgIpc) is 3.29. The van der Waals surface area contributed by atoms with E-state index in [4.69, 9.17) is 37.9 Å². The van der Waals surface area contributed by atoms with Crippen molar-refractivity contribution in [3.8, 4) is 0 Å². The molecule has 1 aromatic heterocycles. The van der Waals surface area contributed by atoms with Crippen LogP contribution in [0, 0.1) is 17.8 Å². The zero-order valence-electron chi connectivity index (χ0n) is 42.5. The number of esters is 2. The maximum Gasteiger partial charge on any atom is 0.311 e. The summed E-state index contributed by atoms with van der Waals surface area (Å²) in [4.78, 5) is 48.1. The summed E-state index contributed by atoms with van der Waals surface area (Å²) in [6, 6.07) is 8.88. The van der Waals surface area contributed by atoms with Crippen molar-refractivity contribution in [3.05, 3.63) is 48.2 Å². The van der Waals surface area contributed by atoms with Crippen molar-refractivity contribution < 1.29 is 67.6 Å². The van der Waals surface area contributed by atoms with E-state index < -0.39 is 114 Å². The first kappa shape index (κ1) is 55.3. The van der Waals surface area contributed by atoms with Crippen LogP contribution in [0.15, 0.2) is 42.6 Å². The van der Waals surface area contributed by atoms with Gasteiger partial charge in [0.2, 0.25) is 5.91 Å². The van der Waals surface area contributed by atoms with Crippen LogP contribution in [0.3, 0.4) is 0 Å². The Kier molecular flexibility index (Phi) is 18.8. The first-order valence-electron chi connectivity index (χ1n) is 24.1. The predicted octanol–water partition coefficient (Wildman–Crippen LogP) is 4.94. The molecule has 3 aliphatic rings. The topological polar surface area (TPSA) is 214 Å². The minimum absolute atomic E-state index is 0.0218. The number of carbonyl (C=O) groups excluding carboxylic acids is 3. The molecule has 18 atom stereocenters. The molecule has 5 rings (SSSR count). The highest BCUT2D eigenvalue weighted by atomic mass is 16.7. The monoisotopic (exact) mass is 958 g/mol. The van der Waals surface area contributed by atoms with Crippen molar-refractivity contribution in [1.29, 1.82) is 0 Å². The first-order chi connectivity index (χ1) is 31.9. The van der Waals surface area contributed by atoms with E-state index in [1.165, 1.54) is 28.1 Å². The molecule has 0 bridgehead atoms. The molecule has 3 fully saturated rings. The number of aliphatic hydroxyl groups excluding tert-OH is 2. The van der Waals surface area contributed by atoms with E-state index >= 15 is 0 Å². The number of hydrogen-bond acceptors (Lipinski definition) is 16. The lowest BCUT2D eigenvalue weighted by Gasteiger charge is -2.50. The van der Waals surface area contributed by atoms with Gasteiger partial charge in [0.05, 0.1) is 59.9 Å². The highest BCUT2D eigenvalue weighted by molar-refractivity contribution is 5.81. The van der Waals surface area contributed by atoms with E-state index in [0.717, 1.165) is 16.5 Å². The SMILES string of the molecule is CC[C@H]1OC(=O)[C@H](C)[C@@H](O[C@H]2C[C@@](C)(OC)[C@@H](OC(=O)C/C=C/c3cnc4ccccc4c3)[C@H](C)O2)[C@H](C)[C@@H](O[C@@H]2O[C@H](C)C[C@H](N(C)C)[C@H]2O)[C@](C)(OC)C[C@@H](C)NC(=O)[C@H](C)[C@@H](O)[C@]1(C)O. The second kappa shape index (κ2) is 23.1. The molecular weight excluding hydrogens is 879 g/mol. The Balaban J connectivity index is 1.49. The van der Waals surface area contributed by atoms with Crippen LogP contribution in [0.4, 0.5) is 0 Å². The summed E-state index contributed by atoms with van der Waals surface area (Å²) in [6.45, 7) is 17.1. The molecule has 1 aromatic carbocycles. The Morgan fingerprint density at radius 3 is 2.25 bits per heavy atom. The summed E-state index contributed by atoms with van der Waals surface area (Å²) in [6.07, 6.45) is -3.98. The first-order valence-corrected chi connectivity index (χ1v) is 24.1. The quantitative estimate of drug-likeness (QED) is 0.208. The lowest BCUT2D eigenvalue weighted by atomic mass is 9.78. The number of pyridine rings is 1. The number of carbonyl (C=O) groups is 3. The number of rotatable bonds is 12. The normalized spacial score (nSPS) is 40.4. The molecule has 2 aromatic rings. The van der Waals surface area contributed by atoms with Gasteiger partial charge in [-0.05, 0) is 99.5 Å². The van der Waals surface area contributed by atoms with Crippen LogP contribution in [0.5, 0.6) is 0 Å². The molecule has 4 heterocycles. The van der Waals surface area contributed by atoms with Gasteiger partial charge in [-0.15, -0.1) is 0 Å². The third-order valence-corrected chi connectivity index (χ3v) is 14.6. The molecule has 4 N–H and O–H groups in total. The molecule has 17 nitrogen and oxygen atoms in total. The third kappa shape index (κ3) is 12.6. The van der Waals surface area contributed by atoms with Crippen LogP contribution in [0.25, 0.3) is 17.0 Å². The van der Waals surface area contributed by atoms with Crippen LogP contribution < -0.4 is 5.32 Å². The van der Waals surface area contributed by atoms with Gasteiger partial charge in [0.15, 0.2) is 18.7 Å². The summed E-state index contributed by atoms with van der Waals surface area (Å²) < 4.78 is 51.3. The van der Waals surface area contributed by atoms with Crippen molar-refractivity contribution in [2.45, 2.75) is 192 Å². The fraction of sp³-hybridized carbons (Fsp3) is 0.725. The lowest BCUT2D eigenvalue weighted by molar-refractivity contribution is -0.319. The van der Waals surface area contributed by atoms with E-state index in [9.17, 15) is 29.7 Å². The highest BCUT2D eigenvalue weighted by Crippen LogP contribution is 2.41. The molecule has 0 aliphatic carbocycles. The Labute approximate surface area is 402 Å². The summed E-state index contributed by atoms with van der Waals surface area (Å²) in [5.41, 5.74) is -2.71. The average molecular weight is 958 g/mol. The number of methoxy groups -OCH3 is 2. The fourth-order valence-electron chi connectivity index (χ4n) is 10.3. The number of para-hydroxylation sites is 1. The van der Waals surface area contributed by atoms with Gasteiger partial charge in [0.25, 0.3) is 0 Å². The van der Waals surface area contributed by atoms with Crippen LogP contribution >= 0.6 is 0 Å². The largest absolute Gasteiger partial charge is 0.459 e. The molecule has 3 saturated heterocycles. The Morgan fingerprint density at radius 2 is 1.60 bits per heavy atom. The van der Waals surface area contributed by atoms with Gasteiger partial charge in [0.1, 0.15) is 23.4 Å². The maximum absolute atomic E-state index is 14.6. The van der Waals surface area contributed by atoms with Crippen LogP contribution in [0.2, 0.25) is 0 Å². The molecule has 3 aliphatic heterocycles. The summed E-state index contributed by atoms with van der Waals surface area (Å²) in [7, 11) is 6.79. The molecule has 1 amide bonds. The molecule has 17 heteroatoms. The van der Waals surface area contributed by atoms with Gasteiger partial charge in [-0.3, -0.25) is 19.4 Å². The van der Waals surface area contributed by atoms with Crippen molar-refractivity contribution in [2.75, 3.05) is 28.3 Å². The number of nitrogens with zero attached hydrogens (tertiary/aromatic N) is 2. The van der Waals surface area contributed by atoms with Crippen molar-refractivity contribution in [2.24, 2.45) is 17.8 Å². The van der Waals surface area contributed by atoms with Gasteiger partial charge in [-0.1, -0.05) is 51.1 Å². The van der Waals surface area contributed by atoms with Crippen molar-refractivity contribution in [3.63, 3.8) is 0 Å². The number of nitrogens with one attached hydrogen (secondary N) is 1. The number of fused-ring (bicyclic) bond motifs is 1. The number of likely N-dealkylation sites (N-methyl/N-ethyl adjacent to an activating group) is 1. The van der Waals surface area contributed by atoms with Crippen LogP contribution in [-0.4, -0.2) is 162 Å². The summed E-state index contributed by atoms with van der Waals surface area (Å²) >= 11 is 0. The molecule has 382 valence electrons. The zero-order chi connectivity index (χ0) is 50.5. The molecule has 0 spiro atoms. The molecular formula is C51H79N3O14. The second-order valence-electron chi connectivity index (χ2n) is 20.3. The summed E-state index contributed by atoms with van der Waals surface area (Å²) in [5.74, 6) is -4.75. The Bertz CT molecular complexity index is 2040. The Morgan fingerprint density at radius 1 is 0.941 bits per heavy atom. The van der Waals surface area contributed by atoms with E-state index in [1.807, 2.05) is 83.1 Å². The van der Waals surface area contributed by atoms with Crippen LogP contribution in [0.1, 0.15) is 107 Å². The molecule has 68 heavy (non-hydrogen) atoms. The fourth-order valence-corrected chi connectivity index (χ4v) is 10.3. The lowest BCUT2D eigenvalue weighted by Crippen LogP contribution is -2.61. The Hall–Kier alpha value is -3.62. The number of amides is 1. The van der Waals surface area contributed by atoms with Crippen molar-refractivity contribution in [1.82, 2.24) is 15.2 Å². The van der Waals surface area contributed by atoms with Gasteiger partial charge in [-0.25, -0.2) is 0 Å². The number of cyclic esters (lactones) is 1. The van der Waals surface area contributed by atoms with E-state index in [-0.39, 0.29) is 37.8 Å². The smallest absolute Gasteiger partial charge is 0.311 e. The number of aliphatic hydroxyl groups is 3. The van der Waals surface area contributed by atoms with E-state index in [1.54, 1.807) is 40.0 Å². The maximum atomic E-state index is 14.6. The van der Waals surface area contributed by atoms with Gasteiger partial charge < -0.3 is 63.4 Å². The highest BCUT2D eigenvalue weighted by Gasteiger charge is 2.54. The summed E-state index contributed by atoms with van der Waals surface area (Å²) in [5, 5.41) is 39.0. The zero-order valence-corrected chi connectivity index (χ0v) is 42.5. The van der Waals surface area contributed by atoms with Gasteiger partial charge >= 0.3 is 11.9 Å². The molecule has 0 saturated carbocycles. The number of ether oxygens (including phenoxy) is 8. The number of aromatic nitrogens is 1. The van der Waals surface area contributed by atoms with Crippen LogP contribution in [-0.2, 0) is 52.3 Å². The van der Waals surface area contributed by atoms with E-state index in [2.05, 4.69) is 10.3 Å². The predicted molar refractivity (Wildman–Crippen MR) is 254 cm³/mol. The van der Waals surface area contributed by atoms with E-state index in [0.29, 0.717) is 6.42 Å². The number of benzene rings is 1. The minimum atomic E-state index is -2.04. The molecule has 0 radical (unpaired) electrons. The molecule has 0 unspecified atom stereocenters. The third-order valence-electron chi connectivity index (χ3n) is 14.6. The van der Waals surface area contributed by atoms with Gasteiger partial charge in [0, 0.05) is 50.2 Å².